The van der Waals surface area contributed by atoms with Crippen molar-refractivity contribution in [2.45, 2.75) is 20.4 Å². The van der Waals surface area contributed by atoms with Crippen LogP contribution in [0, 0.1) is 13.8 Å². The minimum Gasteiger partial charge on any atom is -0.380 e. The van der Waals surface area contributed by atoms with Gasteiger partial charge < -0.3 is 5.32 Å². The number of benzene rings is 1. The molecule has 1 aromatic carbocycles. The number of thiophene rings is 1. The molecule has 0 saturated carbocycles. The van der Waals surface area contributed by atoms with Crippen LogP contribution in [0.15, 0.2) is 35.7 Å². The van der Waals surface area contributed by atoms with Crippen LogP contribution in [-0.4, -0.2) is 0 Å². The van der Waals surface area contributed by atoms with Crippen LogP contribution in [0.1, 0.15) is 16.0 Å². The average Bonchev–Trinajstić information content (AvgIpc) is 2.69. The lowest BCUT2D eigenvalue weighted by Gasteiger charge is -2.08. The molecule has 1 N–H and O–H groups in total. The van der Waals surface area contributed by atoms with E-state index >= 15 is 0 Å². The van der Waals surface area contributed by atoms with Gasteiger partial charge in [-0.05, 0) is 36.9 Å². The zero-order valence-corrected chi connectivity index (χ0v) is 9.90. The van der Waals surface area contributed by atoms with E-state index in [-0.39, 0.29) is 0 Å². The van der Waals surface area contributed by atoms with Gasteiger partial charge in [0.2, 0.25) is 0 Å². The molecule has 1 heterocycles. The van der Waals surface area contributed by atoms with Crippen LogP contribution in [-0.2, 0) is 6.54 Å². The fourth-order valence-electron chi connectivity index (χ4n) is 1.61. The van der Waals surface area contributed by atoms with Crippen molar-refractivity contribution in [2.75, 3.05) is 5.32 Å². The minimum absolute atomic E-state index is 0.918. The third-order valence-electron chi connectivity index (χ3n) is 2.42. The summed E-state index contributed by atoms with van der Waals surface area (Å²) in [5, 5.41) is 5.56. The Labute approximate surface area is 94.8 Å². The molecule has 0 unspecified atom stereocenters. The Bertz CT molecular complexity index is 432. The Hall–Kier alpha value is -1.28. The number of anilines is 1. The molecule has 0 saturated heterocycles. The number of nitrogens with one attached hydrogen (secondary N) is 1. The zero-order chi connectivity index (χ0) is 10.7. The van der Waals surface area contributed by atoms with Crippen molar-refractivity contribution in [3.63, 3.8) is 0 Å². The van der Waals surface area contributed by atoms with Crippen LogP contribution in [0.4, 0.5) is 5.69 Å². The molecule has 1 aromatic heterocycles. The van der Waals surface area contributed by atoms with Crippen LogP contribution in [0.25, 0.3) is 0 Å². The Morgan fingerprint density at radius 2 is 2.07 bits per heavy atom. The number of hydrogen-bond donors (Lipinski definition) is 1. The minimum atomic E-state index is 0.918. The summed E-state index contributed by atoms with van der Waals surface area (Å²) in [5.41, 5.74) is 3.86. The van der Waals surface area contributed by atoms with E-state index in [9.17, 15) is 0 Å². The fraction of sp³-hybridized carbons (Fsp3) is 0.231. The lowest BCUT2D eigenvalue weighted by molar-refractivity contribution is 1.18. The molecule has 0 atom stereocenters. The lowest BCUT2D eigenvalue weighted by Crippen LogP contribution is -1.99. The molecule has 78 valence electrons. The normalized spacial score (nSPS) is 10.3. The summed E-state index contributed by atoms with van der Waals surface area (Å²) < 4.78 is 0. The Morgan fingerprint density at radius 3 is 2.73 bits per heavy atom. The predicted molar refractivity (Wildman–Crippen MR) is 67.6 cm³/mol. The molecule has 2 aromatic rings. The molecule has 2 rings (SSSR count). The number of hydrogen-bond acceptors (Lipinski definition) is 2. The smallest absolute Gasteiger partial charge is 0.0494 e. The van der Waals surface area contributed by atoms with Gasteiger partial charge in [0.25, 0.3) is 0 Å². The number of rotatable bonds is 3. The topological polar surface area (TPSA) is 12.0 Å². The standard InChI is InChI=1S/C13H15NS/c1-10-5-6-13(11(2)8-10)14-9-12-4-3-7-15-12/h3-8,14H,9H2,1-2H3. The van der Waals surface area contributed by atoms with Crippen LogP contribution in [0.3, 0.4) is 0 Å². The van der Waals surface area contributed by atoms with E-state index in [2.05, 4.69) is 54.9 Å². The molecule has 0 aliphatic heterocycles. The summed E-state index contributed by atoms with van der Waals surface area (Å²) in [7, 11) is 0. The zero-order valence-electron chi connectivity index (χ0n) is 9.08. The highest BCUT2D eigenvalue weighted by Gasteiger charge is 1.98. The first-order chi connectivity index (χ1) is 7.25. The Balaban J connectivity index is 2.05. The molecule has 0 amide bonds. The van der Waals surface area contributed by atoms with Gasteiger partial charge in [-0.25, -0.2) is 0 Å². The summed E-state index contributed by atoms with van der Waals surface area (Å²) >= 11 is 1.79. The van der Waals surface area contributed by atoms with Crippen molar-refractivity contribution in [3.8, 4) is 0 Å². The van der Waals surface area contributed by atoms with Gasteiger partial charge in [-0.2, -0.15) is 0 Å². The van der Waals surface area contributed by atoms with E-state index in [1.54, 1.807) is 11.3 Å². The summed E-state index contributed by atoms with van der Waals surface area (Å²) in [6.45, 7) is 5.18. The summed E-state index contributed by atoms with van der Waals surface area (Å²) in [5.74, 6) is 0. The number of aryl methyl sites for hydroxylation is 2. The summed E-state index contributed by atoms with van der Waals surface area (Å²) in [6, 6.07) is 10.7. The van der Waals surface area contributed by atoms with Gasteiger partial charge in [0.1, 0.15) is 0 Å². The SMILES string of the molecule is Cc1ccc(NCc2cccs2)c(C)c1. The van der Waals surface area contributed by atoms with Gasteiger partial charge in [-0.3, -0.25) is 0 Å². The maximum Gasteiger partial charge on any atom is 0.0494 e. The second kappa shape index (κ2) is 4.49. The third-order valence-corrected chi connectivity index (χ3v) is 3.29. The van der Waals surface area contributed by atoms with E-state index in [0.717, 1.165) is 6.54 Å². The molecule has 2 heteroatoms. The highest BCUT2D eigenvalue weighted by atomic mass is 32.1. The second-order valence-electron chi connectivity index (χ2n) is 3.75. The largest absolute Gasteiger partial charge is 0.380 e. The molecule has 1 nitrogen and oxygen atoms in total. The highest BCUT2D eigenvalue weighted by Crippen LogP contribution is 2.18. The molecule has 0 radical (unpaired) electrons. The summed E-state index contributed by atoms with van der Waals surface area (Å²) in [6.07, 6.45) is 0. The van der Waals surface area contributed by atoms with E-state index in [4.69, 9.17) is 0 Å². The second-order valence-corrected chi connectivity index (χ2v) is 4.78. The third kappa shape index (κ3) is 2.60. The van der Waals surface area contributed by atoms with Crippen molar-refractivity contribution in [1.82, 2.24) is 0 Å². The van der Waals surface area contributed by atoms with E-state index in [1.165, 1.54) is 21.7 Å². The molecule has 0 aliphatic carbocycles. The summed E-state index contributed by atoms with van der Waals surface area (Å²) in [4.78, 5) is 1.37. The van der Waals surface area contributed by atoms with E-state index in [0.29, 0.717) is 0 Å². The van der Waals surface area contributed by atoms with Gasteiger partial charge in [-0.1, -0.05) is 23.8 Å². The predicted octanol–water partition coefficient (Wildman–Crippen LogP) is 3.98. The molecule has 15 heavy (non-hydrogen) atoms. The van der Waals surface area contributed by atoms with Crippen LogP contribution >= 0.6 is 11.3 Å². The highest BCUT2D eigenvalue weighted by molar-refractivity contribution is 7.09. The van der Waals surface area contributed by atoms with Crippen LogP contribution in [0.5, 0.6) is 0 Å². The van der Waals surface area contributed by atoms with Gasteiger partial charge in [0.05, 0.1) is 0 Å². The first-order valence-corrected chi connectivity index (χ1v) is 5.97. The lowest BCUT2D eigenvalue weighted by atomic mass is 10.1. The first kappa shape index (κ1) is 10.2. The molecule has 0 bridgehead atoms. The van der Waals surface area contributed by atoms with E-state index < -0.39 is 0 Å². The van der Waals surface area contributed by atoms with Crippen molar-refractivity contribution in [1.29, 1.82) is 0 Å². The van der Waals surface area contributed by atoms with Gasteiger partial charge >= 0.3 is 0 Å². The maximum absolute atomic E-state index is 3.45. The first-order valence-electron chi connectivity index (χ1n) is 5.09. The Kier molecular flexibility index (Phi) is 3.07. The van der Waals surface area contributed by atoms with Gasteiger partial charge in [-0.15, -0.1) is 11.3 Å². The molecule has 0 spiro atoms. The van der Waals surface area contributed by atoms with Crippen LogP contribution in [0.2, 0.25) is 0 Å². The van der Waals surface area contributed by atoms with Crippen molar-refractivity contribution < 1.29 is 0 Å². The van der Waals surface area contributed by atoms with Crippen LogP contribution < -0.4 is 5.32 Å². The van der Waals surface area contributed by atoms with Crippen molar-refractivity contribution in [3.05, 3.63) is 51.7 Å². The van der Waals surface area contributed by atoms with Crippen molar-refractivity contribution >= 4 is 17.0 Å². The van der Waals surface area contributed by atoms with E-state index in [1.807, 2.05) is 0 Å². The molecular weight excluding hydrogens is 202 g/mol. The monoisotopic (exact) mass is 217 g/mol. The van der Waals surface area contributed by atoms with Crippen molar-refractivity contribution in [2.24, 2.45) is 0 Å². The molecular formula is C13H15NS. The quantitative estimate of drug-likeness (QED) is 0.820. The molecule has 0 aliphatic rings. The molecule has 0 fully saturated rings. The average molecular weight is 217 g/mol. The van der Waals surface area contributed by atoms with Gasteiger partial charge in [0.15, 0.2) is 0 Å². The fourth-order valence-corrected chi connectivity index (χ4v) is 2.25. The Morgan fingerprint density at radius 1 is 1.20 bits per heavy atom. The maximum atomic E-state index is 3.45. The van der Waals surface area contributed by atoms with Gasteiger partial charge in [0, 0.05) is 17.1 Å².